The highest BCUT2D eigenvalue weighted by atomic mass is 32.2. The van der Waals surface area contributed by atoms with Crippen LogP contribution < -0.4 is 0 Å². The number of rotatable bonds is 9. The Bertz CT molecular complexity index is 1010. The van der Waals surface area contributed by atoms with Gasteiger partial charge in [0.1, 0.15) is 17.3 Å². The monoisotopic (exact) mass is 401 g/mol. The number of thiol groups is 1. The molecule has 0 aliphatic carbocycles. The first-order valence-electron chi connectivity index (χ1n) is 8.60. The molecule has 0 aliphatic heterocycles. The third kappa shape index (κ3) is 5.17. The van der Waals surface area contributed by atoms with E-state index in [1.165, 1.54) is 0 Å². The highest BCUT2D eigenvalue weighted by Crippen LogP contribution is 2.26. The lowest BCUT2D eigenvalue weighted by atomic mass is 10.0. The number of hydrogen-bond acceptors (Lipinski definition) is 6. The van der Waals surface area contributed by atoms with E-state index in [1.807, 2.05) is 42.5 Å². The average Bonchev–Trinajstić information content (AvgIpc) is 3.05. The molecule has 2 aromatic carbocycles. The number of benzene rings is 2. The van der Waals surface area contributed by atoms with Gasteiger partial charge < -0.3 is 4.84 Å². The SMILES string of the molecule is O=[N+]([O-])OCCn1ncc(Cc2ccccc2)c1-c1ccc(C[SH](=O)=O)cc1. The Balaban J connectivity index is 1.92. The Morgan fingerprint density at radius 3 is 2.39 bits per heavy atom. The van der Waals surface area contributed by atoms with Gasteiger partial charge in [-0.25, -0.2) is 8.42 Å². The van der Waals surface area contributed by atoms with Crippen LogP contribution in [0.3, 0.4) is 0 Å². The Kier molecular flexibility index (Phi) is 6.38. The Hall–Kier alpha value is -3.20. The first kappa shape index (κ1) is 19.6. The minimum atomic E-state index is -2.49. The Labute approximate surface area is 163 Å². The fraction of sp³-hybridized carbons (Fsp3) is 0.211. The zero-order valence-electron chi connectivity index (χ0n) is 14.9. The van der Waals surface area contributed by atoms with E-state index >= 15 is 0 Å². The smallest absolute Gasteiger partial charge is 0.294 e. The number of aromatic nitrogens is 2. The summed E-state index contributed by atoms with van der Waals surface area (Å²) in [6.45, 7) is 0.112. The van der Waals surface area contributed by atoms with Crippen LogP contribution in [0.4, 0.5) is 0 Å². The van der Waals surface area contributed by atoms with E-state index in [1.54, 1.807) is 23.0 Å². The minimum absolute atomic E-state index is 0.0115. The van der Waals surface area contributed by atoms with Crippen molar-refractivity contribution in [1.29, 1.82) is 0 Å². The lowest BCUT2D eigenvalue weighted by Gasteiger charge is -2.11. The Morgan fingerprint density at radius 1 is 1.04 bits per heavy atom. The zero-order valence-corrected chi connectivity index (χ0v) is 15.8. The van der Waals surface area contributed by atoms with E-state index in [4.69, 9.17) is 0 Å². The second kappa shape index (κ2) is 9.14. The molecule has 0 atom stereocenters. The quantitative estimate of drug-likeness (QED) is 0.336. The maximum absolute atomic E-state index is 10.9. The molecule has 0 spiro atoms. The Morgan fingerprint density at radius 2 is 1.75 bits per heavy atom. The fourth-order valence-corrected chi connectivity index (χ4v) is 3.50. The highest BCUT2D eigenvalue weighted by molar-refractivity contribution is 7.71. The zero-order chi connectivity index (χ0) is 19.9. The van der Waals surface area contributed by atoms with E-state index in [-0.39, 0.29) is 18.9 Å². The van der Waals surface area contributed by atoms with Crippen molar-refractivity contribution in [1.82, 2.24) is 9.78 Å². The van der Waals surface area contributed by atoms with Crippen molar-refractivity contribution < 1.29 is 18.3 Å². The van der Waals surface area contributed by atoms with Gasteiger partial charge in [-0.15, -0.1) is 10.1 Å². The van der Waals surface area contributed by atoms with Crippen LogP contribution in [0.5, 0.6) is 0 Å². The van der Waals surface area contributed by atoms with Crippen molar-refractivity contribution in [2.45, 2.75) is 18.7 Å². The van der Waals surface area contributed by atoms with Gasteiger partial charge in [0.2, 0.25) is 0 Å². The van der Waals surface area contributed by atoms with Crippen LogP contribution in [-0.4, -0.2) is 29.9 Å². The van der Waals surface area contributed by atoms with Crippen molar-refractivity contribution in [2.75, 3.05) is 6.61 Å². The van der Waals surface area contributed by atoms with Crippen LogP contribution in [0, 0.1) is 10.1 Å². The molecule has 8 nitrogen and oxygen atoms in total. The predicted octanol–water partition coefficient (Wildman–Crippen LogP) is 2.46. The molecule has 146 valence electrons. The topological polar surface area (TPSA) is 104 Å². The number of hydrogen-bond donors (Lipinski definition) is 1. The maximum Gasteiger partial charge on any atom is 0.294 e. The van der Waals surface area contributed by atoms with Crippen molar-refractivity contribution in [2.24, 2.45) is 0 Å². The average molecular weight is 401 g/mol. The van der Waals surface area contributed by atoms with Crippen molar-refractivity contribution in [3.8, 4) is 11.3 Å². The minimum Gasteiger partial charge on any atom is -0.312 e. The summed E-state index contributed by atoms with van der Waals surface area (Å²) in [4.78, 5) is 14.8. The summed E-state index contributed by atoms with van der Waals surface area (Å²) >= 11 is 0. The summed E-state index contributed by atoms with van der Waals surface area (Å²) in [7, 11) is -2.49. The third-order valence-electron chi connectivity index (χ3n) is 4.19. The molecule has 3 rings (SSSR count). The van der Waals surface area contributed by atoms with Gasteiger partial charge in [-0.1, -0.05) is 54.6 Å². The first-order chi connectivity index (χ1) is 13.5. The van der Waals surface area contributed by atoms with Crippen LogP contribution in [0.2, 0.25) is 0 Å². The van der Waals surface area contributed by atoms with Crippen LogP contribution in [0.25, 0.3) is 11.3 Å². The van der Waals surface area contributed by atoms with E-state index in [0.717, 1.165) is 22.4 Å². The van der Waals surface area contributed by atoms with Crippen LogP contribution in [0.15, 0.2) is 60.8 Å². The molecule has 28 heavy (non-hydrogen) atoms. The third-order valence-corrected chi connectivity index (χ3v) is 4.81. The summed E-state index contributed by atoms with van der Waals surface area (Å²) in [5.74, 6) is -0.0115. The molecule has 1 heterocycles. The summed E-state index contributed by atoms with van der Waals surface area (Å²) in [6.07, 6.45) is 2.40. The van der Waals surface area contributed by atoms with E-state index in [9.17, 15) is 18.5 Å². The van der Waals surface area contributed by atoms with E-state index in [0.29, 0.717) is 12.0 Å². The predicted molar refractivity (Wildman–Crippen MR) is 104 cm³/mol. The molecule has 0 saturated carbocycles. The standard InChI is InChI=1S/C19H19N3O5S/c23-22(24)27-11-10-21-19(17-8-6-16(7-9-17)14-28(25)26)18(13-20-21)12-15-4-2-1-3-5-15/h1-9,13,28H,10-12,14H2. The first-order valence-corrected chi connectivity index (χ1v) is 9.96. The van der Waals surface area contributed by atoms with Crippen LogP contribution >= 0.6 is 0 Å². The van der Waals surface area contributed by atoms with E-state index < -0.39 is 15.8 Å². The highest BCUT2D eigenvalue weighted by Gasteiger charge is 2.14. The summed E-state index contributed by atoms with van der Waals surface area (Å²) in [5, 5.41) is 14.0. The van der Waals surface area contributed by atoms with Crippen molar-refractivity contribution >= 4 is 10.7 Å². The fourth-order valence-electron chi connectivity index (χ4n) is 2.99. The molecule has 0 amide bonds. The second-order valence-corrected chi connectivity index (χ2v) is 7.13. The van der Waals surface area contributed by atoms with Gasteiger partial charge in [0.15, 0.2) is 0 Å². The molecular weight excluding hydrogens is 382 g/mol. The second-order valence-electron chi connectivity index (χ2n) is 6.15. The number of nitrogens with zero attached hydrogens (tertiary/aromatic N) is 3. The molecule has 0 aliphatic rings. The molecule has 1 aromatic heterocycles. The van der Waals surface area contributed by atoms with Crippen molar-refractivity contribution in [3.63, 3.8) is 0 Å². The molecule has 0 unspecified atom stereocenters. The molecule has 9 heteroatoms. The van der Waals surface area contributed by atoms with Gasteiger partial charge >= 0.3 is 0 Å². The molecular formula is C19H19N3O5S. The van der Waals surface area contributed by atoms with E-state index in [2.05, 4.69) is 9.94 Å². The van der Waals surface area contributed by atoms with Gasteiger partial charge in [0.05, 0.1) is 24.2 Å². The molecule has 0 bridgehead atoms. The summed E-state index contributed by atoms with van der Waals surface area (Å²) in [6, 6.07) is 17.1. The summed E-state index contributed by atoms with van der Waals surface area (Å²) in [5.41, 5.74) is 4.47. The van der Waals surface area contributed by atoms with Crippen LogP contribution in [0.1, 0.15) is 16.7 Å². The molecule has 0 N–H and O–H groups in total. The lowest BCUT2D eigenvalue weighted by Crippen LogP contribution is -2.12. The van der Waals surface area contributed by atoms with Gasteiger partial charge in [0, 0.05) is 17.5 Å². The molecule has 0 saturated heterocycles. The van der Waals surface area contributed by atoms with Crippen LogP contribution in [-0.2, 0) is 34.3 Å². The van der Waals surface area contributed by atoms with Crippen molar-refractivity contribution in [3.05, 3.63) is 87.6 Å². The lowest BCUT2D eigenvalue weighted by molar-refractivity contribution is -0.758. The van der Waals surface area contributed by atoms with Gasteiger partial charge in [0.25, 0.3) is 5.09 Å². The molecule has 3 aromatic rings. The van der Waals surface area contributed by atoms with Gasteiger partial charge in [-0.2, -0.15) is 5.10 Å². The molecule has 0 radical (unpaired) electrons. The largest absolute Gasteiger partial charge is 0.312 e. The van der Waals surface area contributed by atoms with Gasteiger partial charge in [-0.05, 0) is 11.1 Å². The van der Waals surface area contributed by atoms with Gasteiger partial charge in [-0.3, -0.25) is 4.68 Å². The normalized spacial score (nSPS) is 10.9. The molecule has 0 fully saturated rings. The summed E-state index contributed by atoms with van der Waals surface area (Å²) < 4.78 is 23.5. The maximum atomic E-state index is 10.9.